The van der Waals surface area contributed by atoms with E-state index >= 15 is 0 Å². The zero-order valence-electron chi connectivity index (χ0n) is 7.69. The molecule has 2 rings (SSSR count). The van der Waals surface area contributed by atoms with Gasteiger partial charge in [-0.25, -0.2) is 0 Å². The summed E-state index contributed by atoms with van der Waals surface area (Å²) in [7, 11) is 0. The van der Waals surface area contributed by atoms with E-state index in [1.807, 2.05) is 19.1 Å². The van der Waals surface area contributed by atoms with E-state index in [-0.39, 0.29) is 12.4 Å². The number of hydrogen-bond acceptors (Lipinski definition) is 3. The second-order valence-corrected chi connectivity index (χ2v) is 2.89. The summed E-state index contributed by atoms with van der Waals surface area (Å²) in [6.45, 7) is 1.95. The second-order valence-electron chi connectivity index (χ2n) is 2.89. The summed E-state index contributed by atoms with van der Waals surface area (Å²) in [5, 5.41) is 6.70. The number of rotatable bonds is 1. The highest BCUT2D eigenvalue weighted by molar-refractivity contribution is 5.85. The molecule has 0 saturated heterocycles. The molecule has 0 aliphatic rings. The first-order valence-corrected chi connectivity index (χ1v) is 3.99. The second kappa shape index (κ2) is 4.11. The lowest BCUT2D eigenvalue weighted by molar-refractivity contribution is 1.10. The molecule has 0 aromatic carbocycles. The molecule has 2 aromatic heterocycles. The summed E-state index contributed by atoms with van der Waals surface area (Å²) >= 11 is 0. The van der Waals surface area contributed by atoms with E-state index in [1.54, 1.807) is 12.3 Å². The Bertz CT molecular complexity index is 424. The molecule has 0 atom stereocenters. The van der Waals surface area contributed by atoms with Gasteiger partial charge in [-0.3, -0.25) is 10.1 Å². The minimum Gasteiger partial charge on any atom is -0.382 e. The van der Waals surface area contributed by atoms with Crippen molar-refractivity contribution >= 4 is 18.2 Å². The van der Waals surface area contributed by atoms with Gasteiger partial charge in [0.15, 0.2) is 0 Å². The van der Waals surface area contributed by atoms with Crippen LogP contribution in [0, 0.1) is 6.92 Å². The van der Waals surface area contributed by atoms with E-state index in [0.717, 1.165) is 17.0 Å². The number of anilines is 1. The van der Waals surface area contributed by atoms with Gasteiger partial charge in [0.05, 0.1) is 5.69 Å². The third kappa shape index (κ3) is 2.03. The van der Waals surface area contributed by atoms with Crippen LogP contribution >= 0.6 is 12.4 Å². The molecule has 4 nitrogen and oxygen atoms in total. The highest BCUT2D eigenvalue weighted by Gasteiger charge is 2.00. The van der Waals surface area contributed by atoms with Gasteiger partial charge in [0.1, 0.15) is 5.82 Å². The van der Waals surface area contributed by atoms with Gasteiger partial charge in [-0.15, -0.1) is 12.4 Å². The number of H-pyrrole nitrogens is 1. The van der Waals surface area contributed by atoms with Crippen molar-refractivity contribution in [3.63, 3.8) is 0 Å². The molecule has 0 aliphatic heterocycles. The van der Waals surface area contributed by atoms with Crippen LogP contribution < -0.4 is 5.73 Å². The Kier molecular flexibility index (Phi) is 3.09. The molecule has 0 radical (unpaired) electrons. The first-order chi connectivity index (χ1) is 6.25. The number of pyridine rings is 1. The van der Waals surface area contributed by atoms with Gasteiger partial charge in [-0.1, -0.05) is 0 Å². The Hall–Kier alpha value is -1.55. The molecular weight excluding hydrogens is 200 g/mol. The standard InChI is InChI=1S/C9H10N4.ClH/c1-6-4-7(2-3-11-6)8-5-9(10)13-12-8;/h2-5H,1H3,(H3,10,12,13);1H. The molecule has 2 aromatic rings. The van der Waals surface area contributed by atoms with Gasteiger partial charge in [0.25, 0.3) is 0 Å². The molecule has 0 amide bonds. The Morgan fingerprint density at radius 2 is 2.14 bits per heavy atom. The average Bonchev–Trinajstić information content (AvgIpc) is 2.52. The van der Waals surface area contributed by atoms with Crippen molar-refractivity contribution in [2.45, 2.75) is 6.92 Å². The molecule has 0 fully saturated rings. The SMILES string of the molecule is Cc1cc(-c2cc(N)n[nH]2)ccn1.Cl. The molecule has 0 saturated carbocycles. The summed E-state index contributed by atoms with van der Waals surface area (Å²) in [6.07, 6.45) is 1.77. The monoisotopic (exact) mass is 210 g/mol. The van der Waals surface area contributed by atoms with Crippen LogP contribution in [0.1, 0.15) is 5.69 Å². The maximum Gasteiger partial charge on any atom is 0.145 e. The number of aromatic nitrogens is 3. The molecule has 3 N–H and O–H groups in total. The molecule has 14 heavy (non-hydrogen) atoms. The molecule has 0 unspecified atom stereocenters. The van der Waals surface area contributed by atoms with Crippen molar-refractivity contribution in [1.82, 2.24) is 15.2 Å². The summed E-state index contributed by atoms with van der Waals surface area (Å²) in [6, 6.07) is 5.70. The van der Waals surface area contributed by atoms with Gasteiger partial charge in [0, 0.05) is 23.5 Å². The van der Waals surface area contributed by atoms with Crippen molar-refractivity contribution in [1.29, 1.82) is 0 Å². The number of halogens is 1. The van der Waals surface area contributed by atoms with E-state index in [4.69, 9.17) is 5.73 Å². The van der Waals surface area contributed by atoms with Crippen molar-refractivity contribution < 1.29 is 0 Å². The van der Waals surface area contributed by atoms with Crippen LogP contribution in [0.25, 0.3) is 11.3 Å². The Morgan fingerprint density at radius 1 is 1.36 bits per heavy atom. The minimum absolute atomic E-state index is 0. The molecule has 5 heteroatoms. The average molecular weight is 211 g/mol. The summed E-state index contributed by atoms with van der Waals surface area (Å²) < 4.78 is 0. The van der Waals surface area contributed by atoms with Crippen LogP contribution in [0.15, 0.2) is 24.4 Å². The molecule has 0 spiro atoms. The largest absolute Gasteiger partial charge is 0.382 e. The highest BCUT2D eigenvalue weighted by atomic mass is 35.5. The first kappa shape index (κ1) is 10.5. The fraction of sp³-hybridized carbons (Fsp3) is 0.111. The fourth-order valence-corrected chi connectivity index (χ4v) is 1.20. The molecular formula is C9H11ClN4. The van der Waals surface area contributed by atoms with Gasteiger partial charge >= 0.3 is 0 Å². The van der Waals surface area contributed by atoms with Crippen LogP contribution in [0.4, 0.5) is 5.82 Å². The van der Waals surface area contributed by atoms with Crippen LogP contribution in [-0.4, -0.2) is 15.2 Å². The Labute approximate surface area is 88.0 Å². The van der Waals surface area contributed by atoms with Gasteiger partial charge in [-0.05, 0) is 19.1 Å². The van der Waals surface area contributed by atoms with Crippen LogP contribution in [0.2, 0.25) is 0 Å². The number of nitrogens with zero attached hydrogens (tertiary/aromatic N) is 2. The number of hydrogen-bond donors (Lipinski definition) is 2. The van der Waals surface area contributed by atoms with Crippen LogP contribution in [-0.2, 0) is 0 Å². The summed E-state index contributed by atoms with van der Waals surface area (Å²) in [5.41, 5.74) is 8.45. The molecule has 2 heterocycles. The smallest absolute Gasteiger partial charge is 0.145 e. The van der Waals surface area contributed by atoms with E-state index in [9.17, 15) is 0 Å². The van der Waals surface area contributed by atoms with Crippen molar-refractivity contribution in [3.05, 3.63) is 30.1 Å². The quantitative estimate of drug-likeness (QED) is 0.754. The summed E-state index contributed by atoms with van der Waals surface area (Å²) in [5.74, 6) is 0.504. The van der Waals surface area contributed by atoms with Crippen molar-refractivity contribution in [2.75, 3.05) is 5.73 Å². The van der Waals surface area contributed by atoms with Crippen molar-refractivity contribution in [2.24, 2.45) is 0 Å². The highest BCUT2D eigenvalue weighted by Crippen LogP contribution is 2.17. The molecule has 0 bridgehead atoms. The van der Waals surface area contributed by atoms with Crippen LogP contribution in [0.3, 0.4) is 0 Å². The maximum absolute atomic E-state index is 5.50. The topological polar surface area (TPSA) is 67.6 Å². The van der Waals surface area contributed by atoms with E-state index < -0.39 is 0 Å². The minimum atomic E-state index is 0. The van der Waals surface area contributed by atoms with E-state index in [0.29, 0.717) is 5.82 Å². The van der Waals surface area contributed by atoms with Crippen molar-refractivity contribution in [3.8, 4) is 11.3 Å². The number of aryl methyl sites for hydroxylation is 1. The zero-order chi connectivity index (χ0) is 9.26. The van der Waals surface area contributed by atoms with Gasteiger partial charge < -0.3 is 5.73 Å². The Balaban J connectivity index is 0.000000980. The van der Waals surface area contributed by atoms with Gasteiger partial charge in [0.2, 0.25) is 0 Å². The molecule has 0 aliphatic carbocycles. The third-order valence-electron chi connectivity index (χ3n) is 1.81. The number of nitrogen functional groups attached to an aromatic ring is 1. The zero-order valence-corrected chi connectivity index (χ0v) is 8.51. The van der Waals surface area contributed by atoms with Gasteiger partial charge in [-0.2, -0.15) is 5.10 Å². The number of nitrogens with two attached hydrogens (primary N) is 1. The summed E-state index contributed by atoms with van der Waals surface area (Å²) in [4.78, 5) is 4.11. The number of aromatic amines is 1. The van der Waals surface area contributed by atoms with Crippen LogP contribution in [0.5, 0.6) is 0 Å². The lowest BCUT2D eigenvalue weighted by Gasteiger charge is -1.96. The normalized spacial score (nSPS) is 9.50. The fourth-order valence-electron chi connectivity index (χ4n) is 1.20. The maximum atomic E-state index is 5.50. The predicted molar refractivity (Wildman–Crippen MR) is 58.2 cm³/mol. The van der Waals surface area contributed by atoms with E-state index in [1.165, 1.54) is 0 Å². The lowest BCUT2D eigenvalue weighted by Crippen LogP contribution is -1.82. The lowest BCUT2D eigenvalue weighted by atomic mass is 10.2. The van der Waals surface area contributed by atoms with E-state index in [2.05, 4.69) is 15.2 Å². The molecule has 74 valence electrons. The third-order valence-corrected chi connectivity index (χ3v) is 1.81. The predicted octanol–water partition coefficient (Wildman–Crippen LogP) is 1.78. The Morgan fingerprint density at radius 3 is 2.71 bits per heavy atom. The first-order valence-electron chi connectivity index (χ1n) is 3.99. The number of nitrogens with one attached hydrogen (secondary N) is 1.